The minimum Gasteiger partial charge on any atom is -0.480 e. The van der Waals surface area contributed by atoms with Crippen LogP contribution in [0.25, 0.3) is 0 Å². The molecule has 1 fully saturated rings. The summed E-state index contributed by atoms with van der Waals surface area (Å²) in [6, 6.07) is 5.84. The summed E-state index contributed by atoms with van der Waals surface area (Å²) in [4.78, 5) is 38.7. The van der Waals surface area contributed by atoms with Crippen LogP contribution in [0.15, 0.2) is 24.3 Å². The topological polar surface area (TPSA) is 77.9 Å². The first-order chi connectivity index (χ1) is 12.3. The van der Waals surface area contributed by atoms with Crippen LogP contribution in [0.1, 0.15) is 44.6 Å². The minimum atomic E-state index is -1.04. The third kappa shape index (κ3) is 5.03. The number of hydrogen-bond acceptors (Lipinski definition) is 3. The number of aliphatic carboxylic acids is 1. The maximum Gasteiger partial charge on any atom is 0.323 e. The van der Waals surface area contributed by atoms with Gasteiger partial charge >= 0.3 is 5.97 Å². The molecule has 0 aliphatic carbocycles. The van der Waals surface area contributed by atoms with Crippen LogP contribution in [-0.2, 0) is 14.4 Å². The first-order valence-electron chi connectivity index (χ1n) is 8.83. The molecule has 2 atom stereocenters. The van der Waals surface area contributed by atoms with Gasteiger partial charge in [0, 0.05) is 26.1 Å². The van der Waals surface area contributed by atoms with Gasteiger partial charge in [-0.25, -0.2) is 4.39 Å². The lowest BCUT2D eigenvalue weighted by Crippen LogP contribution is -2.43. The van der Waals surface area contributed by atoms with E-state index in [1.165, 1.54) is 24.0 Å². The first-order valence-corrected chi connectivity index (χ1v) is 8.83. The van der Waals surface area contributed by atoms with Gasteiger partial charge in [-0.2, -0.15) is 0 Å². The van der Waals surface area contributed by atoms with Crippen molar-refractivity contribution in [1.82, 2.24) is 9.80 Å². The van der Waals surface area contributed by atoms with E-state index in [0.29, 0.717) is 37.9 Å². The third-order valence-electron chi connectivity index (χ3n) is 4.88. The molecule has 1 aliphatic rings. The Bertz CT molecular complexity index is 679. The summed E-state index contributed by atoms with van der Waals surface area (Å²) < 4.78 is 13.4. The van der Waals surface area contributed by atoms with Gasteiger partial charge in [-0.3, -0.25) is 14.4 Å². The van der Waals surface area contributed by atoms with Gasteiger partial charge in [-0.05, 0) is 43.9 Å². The van der Waals surface area contributed by atoms with Crippen LogP contribution in [0.2, 0.25) is 0 Å². The second-order valence-corrected chi connectivity index (χ2v) is 6.73. The minimum absolute atomic E-state index is 0.0798. The fourth-order valence-electron chi connectivity index (χ4n) is 3.45. The quantitative estimate of drug-likeness (QED) is 0.869. The van der Waals surface area contributed by atoms with Crippen molar-refractivity contribution >= 4 is 17.8 Å². The highest BCUT2D eigenvalue weighted by molar-refractivity contribution is 5.83. The second kappa shape index (κ2) is 8.78. The smallest absolute Gasteiger partial charge is 0.323 e. The number of carbonyl (C=O) groups is 3. The van der Waals surface area contributed by atoms with Crippen LogP contribution in [0.3, 0.4) is 0 Å². The summed E-state index contributed by atoms with van der Waals surface area (Å²) in [5, 5.41) is 9.01. The van der Waals surface area contributed by atoms with Crippen molar-refractivity contribution in [3.8, 4) is 0 Å². The fraction of sp³-hybridized carbons (Fsp3) is 0.526. The van der Waals surface area contributed by atoms with Gasteiger partial charge in [0.2, 0.25) is 11.8 Å². The molecular weight excluding hydrogens is 339 g/mol. The van der Waals surface area contributed by atoms with Gasteiger partial charge < -0.3 is 14.9 Å². The van der Waals surface area contributed by atoms with Gasteiger partial charge in [0.1, 0.15) is 12.4 Å². The van der Waals surface area contributed by atoms with Crippen LogP contribution in [0.5, 0.6) is 0 Å². The maximum atomic E-state index is 13.4. The average molecular weight is 364 g/mol. The predicted octanol–water partition coefficient (Wildman–Crippen LogP) is 2.24. The zero-order valence-electron chi connectivity index (χ0n) is 15.2. The molecule has 2 amide bonds. The molecule has 6 nitrogen and oxygen atoms in total. The molecule has 0 unspecified atom stereocenters. The molecular formula is C19H25FN2O4. The average Bonchev–Trinajstić information content (AvgIpc) is 2.84. The second-order valence-electron chi connectivity index (χ2n) is 6.73. The van der Waals surface area contributed by atoms with Gasteiger partial charge in [-0.15, -0.1) is 0 Å². The number of likely N-dealkylation sites (tertiary alicyclic amines) is 1. The summed E-state index contributed by atoms with van der Waals surface area (Å²) in [5.74, 6) is -2.22. The monoisotopic (exact) mass is 364 g/mol. The molecule has 0 saturated carbocycles. The van der Waals surface area contributed by atoms with E-state index >= 15 is 0 Å². The number of nitrogens with zero attached hydrogens (tertiary/aromatic N) is 2. The van der Waals surface area contributed by atoms with Crippen LogP contribution < -0.4 is 0 Å². The summed E-state index contributed by atoms with van der Waals surface area (Å²) in [6.07, 6.45) is 1.88. The molecule has 1 saturated heterocycles. The van der Waals surface area contributed by atoms with Gasteiger partial charge in [0.05, 0.1) is 5.92 Å². The van der Waals surface area contributed by atoms with Crippen LogP contribution >= 0.6 is 0 Å². The number of amides is 2. The zero-order chi connectivity index (χ0) is 19.3. The molecule has 0 radical (unpaired) electrons. The van der Waals surface area contributed by atoms with E-state index in [4.69, 9.17) is 5.11 Å². The first kappa shape index (κ1) is 19.9. The molecule has 1 aromatic rings. The van der Waals surface area contributed by atoms with E-state index in [1.807, 2.05) is 0 Å². The molecule has 142 valence electrons. The van der Waals surface area contributed by atoms with E-state index in [-0.39, 0.29) is 30.2 Å². The number of benzene rings is 1. The Morgan fingerprint density at radius 3 is 2.65 bits per heavy atom. The lowest BCUT2D eigenvalue weighted by Gasteiger charge is -2.29. The van der Waals surface area contributed by atoms with Crippen molar-refractivity contribution in [3.63, 3.8) is 0 Å². The van der Waals surface area contributed by atoms with E-state index in [9.17, 15) is 18.8 Å². The van der Waals surface area contributed by atoms with Crippen molar-refractivity contribution in [2.45, 2.75) is 45.1 Å². The molecule has 1 aliphatic heterocycles. The summed E-state index contributed by atoms with van der Waals surface area (Å²) in [7, 11) is 0. The molecule has 7 heteroatoms. The number of hydrogen-bond donors (Lipinski definition) is 1. The summed E-state index contributed by atoms with van der Waals surface area (Å²) in [6.45, 7) is 3.79. The van der Waals surface area contributed by atoms with E-state index in [2.05, 4.69) is 0 Å². The number of carboxylic acid groups (broad SMARTS) is 1. The summed E-state index contributed by atoms with van der Waals surface area (Å²) in [5.41, 5.74) is 0.632. The van der Waals surface area contributed by atoms with E-state index in [0.717, 1.165) is 0 Å². The Morgan fingerprint density at radius 2 is 2.04 bits per heavy atom. The van der Waals surface area contributed by atoms with Crippen molar-refractivity contribution in [1.29, 1.82) is 0 Å². The SMILES string of the molecule is CC(=O)N(CC(=O)O)[C@H]1CCCN(C(=O)[C@H](C)c2cccc(F)c2)CC1. The Kier molecular flexibility index (Phi) is 6.71. The molecule has 0 bridgehead atoms. The Labute approximate surface area is 152 Å². The predicted molar refractivity (Wildman–Crippen MR) is 94.1 cm³/mol. The largest absolute Gasteiger partial charge is 0.480 e. The Hall–Kier alpha value is -2.44. The highest BCUT2D eigenvalue weighted by Crippen LogP contribution is 2.23. The third-order valence-corrected chi connectivity index (χ3v) is 4.88. The van der Waals surface area contributed by atoms with Crippen LogP contribution in [0, 0.1) is 5.82 Å². The molecule has 0 aromatic heterocycles. The van der Waals surface area contributed by atoms with E-state index < -0.39 is 11.9 Å². The molecule has 1 N–H and O–H groups in total. The highest BCUT2D eigenvalue weighted by Gasteiger charge is 2.29. The van der Waals surface area contributed by atoms with E-state index in [1.54, 1.807) is 24.0 Å². The van der Waals surface area contributed by atoms with Gasteiger partial charge in [-0.1, -0.05) is 12.1 Å². The van der Waals surface area contributed by atoms with Crippen molar-refractivity contribution < 1.29 is 23.9 Å². The maximum absolute atomic E-state index is 13.4. The number of carboxylic acids is 1. The normalized spacial score (nSPS) is 18.7. The zero-order valence-corrected chi connectivity index (χ0v) is 15.2. The van der Waals surface area contributed by atoms with Crippen LogP contribution in [0.4, 0.5) is 4.39 Å². The standard InChI is InChI=1S/C19H25FN2O4/c1-13(15-5-3-6-16(20)11-15)19(26)21-9-4-7-17(8-10-21)22(14(2)23)12-18(24)25/h3,5-6,11,13,17H,4,7-10,12H2,1-2H3,(H,24,25)/t13-,17+/m1/s1. The summed E-state index contributed by atoms with van der Waals surface area (Å²) >= 11 is 0. The lowest BCUT2D eigenvalue weighted by molar-refractivity contribution is -0.145. The highest BCUT2D eigenvalue weighted by atomic mass is 19.1. The number of carbonyl (C=O) groups excluding carboxylic acids is 2. The van der Waals surface area contributed by atoms with Gasteiger partial charge in [0.25, 0.3) is 0 Å². The molecule has 0 spiro atoms. The van der Waals surface area contributed by atoms with Crippen molar-refractivity contribution in [2.24, 2.45) is 0 Å². The lowest BCUT2D eigenvalue weighted by atomic mass is 9.99. The molecule has 1 aromatic carbocycles. The number of rotatable bonds is 5. The number of halogens is 1. The van der Waals surface area contributed by atoms with Gasteiger partial charge in [0.15, 0.2) is 0 Å². The molecule has 2 rings (SSSR count). The Morgan fingerprint density at radius 1 is 1.31 bits per heavy atom. The van der Waals surface area contributed by atoms with Crippen molar-refractivity contribution in [2.75, 3.05) is 19.6 Å². The Balaban J connectivity index is 2.04. The fourth-order valence-corrected chi connectivity index (χ4v) is 3.45. The van der Waals surface area contributed by atoms with Crippen LogP contribution in [-0.4, -0.2) is 58.4 Å². The van der Waals surface area contributed by atoms with Crippen molar-refractivity contribution in [3.05, 3.63) is 35.6 Å². The molecule has 1 heterocycles. The molecule has 26 heavy (non-hydrogen) atoms.